The topological polar surface area (TPSA) is 43.7 Å². The first-order valence-electron chi connectivity index (χ1n) is 7.48. The molecular formula is C16H24BrNO2. The lowest BCUT2D eigenvalue weighted by molar-refractivity contribution is 0.199. The van der Waals surface area contributed by atoms with Crippen LogP contribution in [0.3, 0.4) is 0 Å². The summed E-state index contributed by atoms with van der Waals surface area (Å²) in [6, 6.07) is 6.52. The second-order valence-electron chi connectivity index (χ2n) is 5.60. The van der Waals surface area contributed by atoms with Crippen LogP contribution >= 0.6 is 15.9 Å². The maximum Gasteiger partial charge on any atom is 0.0762 e. The molecule has 0 saturated heterocycles. The average molecular weight is 342 g/mol. The van der Waals surface area contributed by atoms with Gasteiger partial charge in [0, 0.05) is 17.1 Å². The quantitative estimate of drug-likeness (QED) is 0.859. The first-order valence-corrected chi connectivity index (χ1v) is 8.27. The van der Waals surface area contributed by atoms with E-state index in [1.165, 1.54) is 32.1 Å². The van der Waals surface area contributed by atoms with Crippen LogP contribution in [-0.4, -0.2) is 29.4 Å². The molecule has 112 valence electrons. The maximum absolute atomic E-state index is 9.66. The van der Waals surface area contributed by atoms with Gasteiger partial charge in [-0.15, -0.1) is 0 Å². The van der Waals surface area contributed by atoms with Crippen molar-refractivity contribution in [3.8, 4) is 0 Å². The van der Waals surface area contributed by atoms with Crippen LogP contribution in [0.4, 0.5) is 5.69 Å². The summed E-state index contributed by atoms with van der Waals surface area (Å²) in [4.78, 5) is 2.31. The van der Waals surface area contributed by atoms with Crippen LogP contribution in [0.25, 0.3) is 0 Å². The lowest BCUT2D eigenvalue weighted by Crippen LogP contribution is -2.39. The lowest BCUT2D eigenvalue weighted by Gasteiger charge is -2.36. The number of rotatable bonds is 5. The lowest BCUT2D eigenvalue weighted by atomic mass is 9.93. The SMILES string of the molecule is CC(O)c1ccc(N(CCO)C2CCCCC2)c(Br)c1. The third-order valence-corrected chi connectivity index (χ3v) is 4.76. The molecule has 4 heteroatoms. The van der Waals surface area contributed by atoms with Crippen LogP contribution in [0.2, 0.25) is 0 Å². The standard InChI is InChI=1S/C16H24BrNO2/c1-12(20)13-7-8-16(15(17)11-13)18(9-10-19)14-5-3-2-4-6-14/h7-8,11-12,14,19-20H,2-6,9-10H2,1H3. The van der Waals surface area contributed by atoms with E-state index in [1.54, 1.807) is 6.92 Å². The molecule has 2 rings (SSSR count). The molecule has 0 amide bonds. The molecule has 1 aromatic carbocycles. The molecule has 1 unspecified atom stereocenters. The summed E-state index contributed by atoms with van der Waals surface area (Å²) in [6.45, 7) is 2.60. The van der Waals surface area contributed by atoms with Crippen LogP contribution in [0.5, 0.6) is 0 Å². The highest BCUT2D eigenvalue weighted by Crippen LogP contribution is 2.34. The Morgan fingerprint density at radius 1 is 1.30 bits per heavy atom. The highest BCUT2D eigenvalue weighted by molar-refractivity contribution is 9.10. The third kappa shape index (κ3) is 3.74. The van der Waals surface area contributed by atoms with E-state index < -0.39 is 6.10 Å². The Morgan fingerprint density at radius 2 is 2.00 bits per heavy atom. The first kappa shape index (κ1) is 15.8. The van der Waals surface area contributed by atoms with Crippen molar-refractivity contribution in [3.05, 3.63) is 28.2 Å². The number of aliphatic hydroxyl groups excluding tert-OH is 2. The number of benzene rings is 1. The molecule has 20 heavy (non-hydrogen) atoms. The van der Waals surface area contributed by atoms with E-state index in [2.05, 4.69) is 26.9 Å². The zero-order valence-corrected chi connectivity index (χ0v) is 13.6. The number of anilines is 1. The van der Waals surface area contributed by atoms with Crippen molar-refractivity contribution < 1.29 is 10.2 Å². The Kier molecular flexibility index (Phi) is 5.87. The highest BCUT2D eigenvalue weighted by Gasteiger charge is 2.22. The van der Waals surface area contributed by atoms with Crippen LogP contribution in [0, 0.1) is 0 Å². The minimum absolute atomic E-state index is 0.168. The normalized spacial score (nSPS) is 18.0. The second kappa shape index (κ2) is 7.43. The number of hydrogen-bond acceptors (Lipinski definition) is 3. The number of nitrogens with zero attached hydrogens (tertiary/aromatic N) is 1. The van der Waals surface area contributed by atoms with E-state index in [1.807, 2.05) is 12.1 Å². The van der Waals surface area contributed by atoms with Crippen molar-refractivity contribution in [3.63, 3.8) is 0 Å². The molecule has 1 aliphatic rings. The molecule has 1 aliphatic carbocycles. The van der Waals surface area contributed by atoms with Crippen molar-refractivity contribution in [2.24, 2.45) is 0 Å². The van der Waals surface area contributed by atoms with E-state index >= 15 is 0 Å². The maximum atomic E-state index is 9.66. The van der Waals surface area contributed by atoms with Crippen LogP contribution in [0.15, 0.2) is 22.7 Å². The zero-order chi connectivity index (χ0) is 14.5. The second-order valence-corrected chi connectivity index (χ2v) is 6.45. The fourth-order valence-electron chi connectivity index (χ4n) is 3.02. The molecule has 0 spiro atoms. The van der Waals surface area contributed by atoms with Crippen molar-refractivity contribution >= 4 is 21.6 Å². The summed E-state index contributed by atoms with van der Waals surface area (Å²) in [5.74, 6) is 0. The number of halogens is 1. The summed E-state index contributed by atoms with van der Waals surface area (Å²) in [5.41, 5.74) is 2.03. The van der Waals surface area contributed by atoms with Crippen LogP contribution in [-0.2, 0) is 0 Å². The van der Waals surface area contributed by atoms with Gasteiger partial charge in [-0.05, 0) is 53.4 Å². The zero-order valence-electron chi connectivity index (χ0n) is 12.1. The molecule has 1 atom stereocenters. The van der Waals surface area contributed by atoms with Gasteiger partial charge in [-0.3, -0.25) is 0 Å². The van der Waals surface area contributed by atoms with Gasteiger partial charge >= 0.3 is 0 Å². The van der Waals surface area contributed by atoms with Gasteiger partial charge in [0.2, 0.25) is 0 Å². The van der Waals surface area contributed by atoms with Gasteiger partial charge in [0.1, 0.15) is 0 Å². The van der Waals surface area contributed by atoms with Crippen LogP contribution < -0.4 is 4.90 Å². The number of hydrogen-bond donors (Lipinski definition) is 2. The first-order chi connectivity index (χ1) is 9.63. The molecule has 0 radical (unpaired) electrons. The highest BCUT2D eigenvalue weighted by atomic mass is 79.9. The van der Waals surface area contributed by atoms with Gasteiger partial charge in [0.25, 0.3) is 0 Å². The Bertz CT molecular complexity index is 430. The molecule has 0 heterocycles. The van der Waals surface area contributed by atoms with Gasteiger partial charge in [-0.1, -0.05) is 25.3 Å². The van der Waals surface area contributed by atoms with E-state index in [-0.39, 0.29) is 6.61 Å². The van der Waals surface area contributed by atoms with Crippen molar-refractivity contribution in [1.29, 1.82) is 0 Å². The molecule has 0 bridgehead atoms. The molecule has 1 aromatic rings. The van der Waals surface area contributed by atoms with Crippen LogP contribution in [0.1, 0.15) is 50.7 Å². The molecule has 0 aliphatic heterocycles. The van der Waals surface area contributed by atoms with Crippen molar-refractivity contribution in [1.82, 2.24) is 0 Å². The molecule has 1 fully saturated rings. The van der Waals surface area contributed by atoms with Gasteiger partial charge in [-0.25, -0.2) is 0 Å². The van der Waals surface area contributed by atoms with E-state index in [9.17, 15) is 10.2 Å². The Morgan fingerprint density at radius 3 is 2.55 bits per heavy atom. The van der Waals surface area contributed by atoms with E-state index in [0.29, 0.717) is 12.6 Å². The Hall–Kier alpha value is -0.580. The van der Waals surface area contributed by atoms with Gasteiger partial charge in [-0.2, -0.15) is 0 Å². The van der Waals surface area contributed by atoms with E-state index in [0.717, 1.165) is 15.7 Å². The predicted octanol–water partition coefficient (Wildman–Crippen LogP) is 3.63. The smallest absolute Gasteiger partial charge is 0.0762 e. The summed E-state index contributed by atoms with van der Waals surface area (Å²) >= 11 is 3.62. The molecule has 2 N–H and O–H groups in total. The van der Waals surface area contributed by atoms with E-state index in [4.69, 9.17) is 0 Å². The van der Waals surface area contributed by atoms with Crippen molar-refractivity contribution in [2.45, 2.75) is 51.2 Å². The fourth-order valence-corrected chi connectivity index (χ4v) is 3.64. The van der Waals surface area contributed by atoms with Gasteiger partial charge in [0.05, 0.1) is 18.4 Å². The van der Waals surface area contributed by atoms with Gasteiger partial charge in [0.15, 0.2) is 0 Å². The molecule has 1 saturated carbocycles. The fraction of sp³-hybridized carbons (Fsp3) is 0.625. The summed E-state index contributed by atoms with van der Waals surface area (Å²) in [6.07, 6.45) is 5.81. The van der Waals surface area contributed by atoms with Crippen molar-refractivity contribution in [2.75, 3.05) is 18.1 Å². The molecule has 3 nitrogen and oxygen atoms in total. The predicted molar refractivity (Wildman–Crippen MR) is 86.1 cm³/mol. The minimum Gasteiger partial charge on any atom is -0.395 e. The third-order valence-electron chi connectivity index (χ3n) is 4.12. The number of aliphatic hydroxyl groups is 2. The Labute approximate surface area is 129 Å². The summed E-state index contributed by atoms with van der Waals surface area (Å²) in [7, 11) is 0. The molecular weight excluding hydrogens is 318 g/mol. The van der Waals surface area contributed by atoms with Gasteiger partial charge < -0.3 is 15.1 Å². The average Bonchev–Trinajstić information content (AvgIpc) is 2.46. The largest absolute Gasteiger partial charge is 0.395 e. The minimum atomic E-state index is -0.457. The monoisotopic (exact) mass is 341 g/mol. The molecule has 0 aromatic heterocycles. The summed E-state index contributed by atoms with van der Waals surface area (Å²) in [5, 5.41) is 19.0. The Balaban J connectivity index is 2.24. The summed E-state index contributed by atoms with van der Waals surface area (Å²) < 4.78 is 0.995.